The molecule has 0 saturated carbocycles. The predicted molar refractivity (Wildman–Crippen MR) is 65.4 cm³/mol. The molecule has 1 amide bonds. The summed E-state index contributed by atoms with van der Waals surface area (Å²) in [7, 11) is 0. The van der Waals surface area contributed by atoms with Gasteiger partial charge in [-0.15, -0.1) is 11.8 Å². The van der Waals surface area contributed by atoms with Gasteiger partial charge in [0.2, 0.25) is 5.91 Å². The van der Waals surface area contributed by atoms with Gasteiger partial charge in [0.05, 0.1) is 5.25 Å². The predicted octanol–water partition coefficient (Wildman–Crippen LogP) is 0.292. The van der Waals surface area contributed by atoms with Crippen molar-refractivity contribution in [3.8, 4) is 0 Å². The van der Waals surface area contributed by atoms with Gasteiger partial charge in [0, 0.05) is 12.3 Å². The summed E-state index contributed by atoms with van der Waals surface area (Å²) in [5.74, 6) is -0.466. The SMILES string of the molecule is CC(C)CNC(=O)C(C)SC[C@@H](N)C(=O)O. The van der Waals surface area contributed by atoms with Gasteiger partial charge < -0.3 is 16.2 Å². The average molecular weight is 248 g/mol. The quantitative estimate of drug-likeness (QED) is 0.602. The van der Waals surface area contributed by atoms with Crippen LogP contribution in [-0.4, -0.2) is 40.6 Å². The number of nitrogens with one attached hydrogen (secondary N) is 1. The highest BCUT2D eigenvalue weighted by Gasteiger charge is 2.17. The maximum Gasteiger partial charge on any atom is 0.321 e. The minimum atomic E-state index is -1.04. The molecular formula is C10H20N2O3S. The summed E-state index contributed by atoms with van der Waals surface area (Å²) in [6, 6.07) is -0.912. The number of hydrogen-bond acceptors (Lipinski definition) is 4. The molecule has 0 saturated heterocycles. The number of rotatable bonds is 7. The number of carbonyl (C=O) groups is 2. The van der Waals surface area contributed by atoms with Crippen molar-refractivity contribution in [2.45, 2.75) is 32.1 Å². The molecule has 6 heteroatoms. The van der Waals surface area contributed by atoms with Crippen molar-refractivity contribution in [1.29, 1.82) is 0 Å². The lowest BCUT2D eigenvalue weighted by Gasteiger charge is -2.14. The number of carboxylic acid groups (broad SMARTS) is 1. The Morgan fingerprint density at radius 2 is 1.94 bits per heavy atom. The third kappa shape index (κ3) is 6.68. The third-order valence-electron chi connectivity index (χ3n) is 1.90. The Bertz CT molecular complexity index is 246. The Kier molecular flexibility index (Phi) is 7.16. The Labute approximate surface area is 100 Å². The first-order chi connectivity index (χ1) is 7.34. The van der Waals surface area contributed by atoms with E-state index in [-0.39, 0.29) is 16.9 Å². The lowest BCUT2D eigenvalue weighted by atomic mass is 10.2. The van der Waals surface area contributed by atoms with E-state index < -0.39 is 12.0 Å². The molecule has 0 spiro atoms. The summed E-state index contributed by atoms with van der Waals surface area (Å²) in [6.07, 6.45) is 0. The topological polar surface area (TPSA) is 92.4 Å². The summed E-state index contributed by atoms with van der Waals surface area (Å²) >= 11 is 1.25. The number of aliphatic carboxylic acids is 1. The van der Waals surface area contributed by atoms with Crippen LogP contribution < -0.4 is 11.1 Å². The number of nitrogens with two attached hydrogens (primary N) is 1. The van der Waals surface area contributed by atoms with Crippen LogP contribution in [0.5, 0.6) is 0 Å². The van der Waals surface area contributed by atoms with Crippen LogP contribution in [-0.2, 0) is 9.59 Å². The molecule has 0 rings (SSSR count). The number of hydrogen-bond donors (Lipinski definition) is 3. The first-order valence-electron chi connectivity index (χ1n) is 5.22. The lowest BCUT2D eigenvalue weighted by Crippen LogP contribution is -2.37. The Morgan fingerprint density at radius 1 is 1.38 bits per heavy atom. The molecule has 0 aliphatic heterocycles. The van der Waals surface area contributed by atoms with E-state index in [0.717, 1.165) is 0 Å². The van der Waals surface area contributed by atoms with Crippen LogP contribution in [0.15, 0.2) is 0 Å². The highest BCUT2D eigenvalue weighted by molar-refractivity contribution is 8.00. The van der Waals surface area contributed by atoms with Gasteiger partial charge in [0.15, 0.2) is 0 Å². The van der Waals surface area contributed by atoms with Crippen molar-refractivity contribution in [1.82, 2.24) is 5.32 Å². The van der Waals surface area contributed by atoms with Crippen molar-refractivity contribution in [3.05, 3.63) is 0 Å². The summed E-state index contributed by atoms with van der Waals surface area (Å²) in [6.45, 7) is 6.40. The van der Waals surface area contributed by atoms with Crippen LogP contribution in [0.1, 0.15) is 20.8 Å². The Balaban J connectivity index is 3.83. The van der Waals surface area contributed by atoms with E-state index in [2.05, 4.69) is 5.32 Å². The lowest BCUT2D eigenvalue weighted by molar-refractivity contribution is -0.138. The van der Waals surface area contributed by atoms with E-state index in [9.17, 15) is 9.59 Å². The molecule has 0 heterocycles. The molecule has 0 aromatic rings. The number of thioether (sulfide) groups is 1. The van der Waals surface area contributed by atoms with Crippen molar-refractivity contribution in [2.75, 3.05) is 12.3 Å². The van der Waals surface area contributed by atoms with Crippen LogP contribution in [0.25, 0.3) is 0 Å². The maximum atomic E-state index is 11.5. The average Bonchev–Trinajstić information content (AvgIpc) is 2.21. The molecule has 0 radical (unpaired) electrons. The molecule has 0 aromatic carbocycles. The fraction of sp³-hybridized carbons (Fsp3) is 0.800. The molecule has 0 aliphatic carbocycles. The van der Waals surface area contributed by atoms with E-state index >= 15 is 0 Å². The molecule has 0 fully saturated rings. The van der Waals surface area contributed by atoms with Gasteiger partial charge in [-0.05, 0) is 12.8 Å². The molecule has 1 unspecified atom stereocenters. The molecule has 5 nitrogen and oxygen atoms in total. The van der Waals surface area contributed by atoms with Gasteiger partial charge in [0.1, 0.15) is 6.04 Å². The summed E-state index contributed by atoms with van der Waals surface area (Å²) < 4.78 is 0. The van der Waals surface area contributed by atoms with Crippen LogP contribution in [0.3, 0.4) is 0 Å². The van der Waals surface area contributed by atoms with E-state index in [1.54, 1.807) is 6.92 Å². The van der Waals surface area contributed by atoms with Gasteiger partial charge in [-0.2, -0.15) is 0 Å². The first-order valence-corrected chi connectivity index (χ1v) is 6.27. The van der Waals surface area contributed by atoms with Gasteiger partial charge in [-0.1, -0.05) is 13.8 Å². The highest BCUT2D eigenvalue weighted by Crippen LogP contribution is 2.11. The third-order valence-corrected chi connectivity index (χ3v) is 3.16. The largest absolute Gasteiger partial charge is 0.480 e. The molecule has 4 N–H and O–H groups in total. The summed E-state index contributed by atoms with van der Waals surface area (Å²) in [4.78, 5) is 22.0. The minimum absolute atomic E-state index is 0.0729. The maximum absolute atomic E-state index is 11.5. The van der Waals surface area contributed by atoms with E-state index in [0.29, 0.717) is 12.5 Å². The zero-order chi connectivity index (χ0) is 12.7. The fourth-order valence-corrected chi connectivity index (χ4v) is 1.72. The van der Waals surface area contributed by atoms with Crippen LogP contribution in [0.2, 0.25) is 0 Å². The Morgan fingerprint density at radius 3 is 2.38 bits per heavy atom. The monoisotopic (exact) mass is 248 g/mol. The van der Waals surface area contributed by atoms with Crippen molar-refractivity contribution in [3.63, 3.8) is 0 Å². The molecular weight excluding hydrogens is 228 g/mol. The van der Waals surface area contributed by atoms with Gasteiger partial charge in [-0.25, -0.2) is 0 Å². The standard InChI is InChI=1S/C10H20N2O3S/c1-6(2)4-12-9(13)7(3)16-5-8(11)10(14)15/h6-8H,4-5,11H2,1-3H3,(H,12,13)(H,14,15)/t7?,8-/m1/s1. The zero-order valence-corrected chi connectivity index (χ0v) is 10.7. The first kappa shape index (κ1) is 15.2. The van der Waals surface area contributed by atoms with Crippen molar-refractivity contribution >= 4 is 23.6 Å². The second-order valence-corrected chi connectivity index (χ2v) is 5.43. The van der Waals surface area contributed by atoms with Crippen LogP contribution >= 0.6 is 11.8 Å². The molecule has 16 heavy (non-hydrogen) atoms. The van der Waals surface area contributed by atoms with Crippen LogP contribution in [0, 0.1) is 5.92 Å². The van der Waals surface area contributed by atoms with E-state index in [1.165, 1.54) is 11.8 Å². The van der Waals surface area contributed by atoms with Crippen LogP contribution in [0.4, 0.5) is 0 Å². The Hall–Kier alpha value is -0.750. The second-order valence-electron chi connectivity index (χ2n) is 4.06. The molecule has 0 aromatic heterocycles. The summed E-state index contributed by atoms with van der Waals surface area (Å²) in [5, 5.41) is 11.1. The van der Waals surface area contributed by atoms with Crippen molar-refractivity contribution in [2.24, 2.45) is 11.7 Å². The number of carbonyl (C=O) groups excluding carboxylic acids is 1. The number of carboxylic acids is 1. The van der Waals surface area contributed by atoms with E-state index in [4.69, 9.17) is 10.8 Å². The van der Waals surface area contributed by atoms with Gasteiger partial charge in [-0.3, -0.25) is 9.59 Å². The van der Waals surface area contributed by atoms with E-state index in [1.807, 2.05) is 13.8 Å². The molecule has 94 valence electrons. The van der Waals surface area contributed by atoms with Gasteiger partial charge >= 0.3 is 5.97 Å². The summed E-state index contributed by atoms with van der Waals surface area (Å²) in [5.41, 5.74) is 5.34. The fourth-order valence-electron chi connectivity index (χ4n) is 0.843. The number of amides is 1. The highest BCUT2D eigenvalue weighted by atomic mass is 32.2. The van der Waals surface area contributed by atoms with Crippen molar-refractivity contribution < 1.29 is 14.7 Å². The minimum Gasteiger partial charge on any atom is -0.480 e. The molecule has 2 atom stereocenters. The molecule has 0 aliphatic rings. The normalized spacial score (nSPS) is 14.6. The smallest absolute Gasteiger partial charge is 0.321 e. The zero-order valence-electron chi connectivity index (χ0n) is 9.90. The second kappa shape index (κ2) is 7.51. The molecule has 0 bridgehead atoms. The van der Waals surface area contributed by atoms with Gasteiger partial charge in [0.25, 0.3) is 0 Å².